The fourth-order valence-electron chi connectivity index (χ4n) is 1.72. The monoisotopic (exact) mass is 295 g/mol. The van der Waals surface area contributed by atoms with Gasteiger partial charge in [-0.2, -0.15) is 0 Å². The predicted octanol–water partition coefficient (Wildman–Crippen LogP) is 1.53. The molecule has 1 aromatic rings. The molecular formula is C16H25NO4. The normalized spacial score (nSPS) is 13.5. The van der Waals surface area contributed by atoms with Crippen LogP contribution >= 0.6 is 0 Å². The lowest BCUT2D eigenvalue weighted by Crippen LogP contribution is -2.42. The molecule has 1 rings (SSSR count). The van der Waals surface area contributed by atoms with E-state index in [4.69, 9.17) is 9.47 Å². The van der Waals surface area contributed by atoms with Crippen LogP contribution in [0.1, 0.15) is 25.8 Å². The zero-order chi connectivity index (χ0) is 15.7. The molecule has 1 unspecified atom stereocenters. The van der Waals surface area contributed by atoms with E-state index < -0.39 is 5.60 Å². The maximum Gasteiger partial charge on any atom is 0.258 e. The number of nitrogens with one attached hydrogen (secondary N) is 1. The number of methoxy groups -OCH3 is 1. The van der Waals surface area contributed by atoms with E-state index in [9.17, 15) is 9.90 Å². The first-order chi connectivity index (χ1) is 9.96. The zero-order valence-electron chi connectivity index (χ0n) is 13.0. The lowest BCUT2D eigenvalue weighted by atomic mass is 10.0. The standard InChI is InChI=1S/C16H25NO4/c1-4-13-5-7-14(8-6-13)21-11-15(18)17-12-16(2,19)9-10-20-3/h5-8,19H,4,9-12H2,1-3H3,(H,17,18). The van der Waals surface area contributed by atoms with Gasteiger partial charge in [-0.1, -0.05) is 19.1 Å². The SMILES string of the molecule is CCc1ccc(OCC(=O)NCC(C)(O)CCOC)cc1. The Balaban J connectivity index is 2.30. The van der Waals surface area contributed by atoms with Crippen LogP contribution in [0.4, 0.5) is 0 Å². The highest BCUT2D eigenvalue weighted by Crippen LogP contribution is 2.12. The van der Waals surface area contributed by atoms with Crippen molar-refractivity contribution >= 4 is 5.91 Å². The Kier molecular flexibility index (Phi) is 7.19. The number of amides is 1. The van der Waals surface area contributed by atoms with Gasteiger partial charge >= 0.3 is 0 Å². The number of ether oxygens (including phenoxy) is 2. The van der Waals surface area contributed by atoms with Crippen molar-refractivity contribution in [3.8, 4) is 5.75 Å². The largest absolute Gasteiger partial charge is 0.484 e. The highest BCUT2D eigenvalue weighted by Gasteiger charge is 2.20. The van der Waals surface area contributed by atoms with Gasteiger partial charge in [0.2, 0.25) is 0 Å². The first kappa shape index (κ1) is 17.5. The molecule has 118 valence electrons. The van der Waals surface area contributed by atoms with Gasteiger partial charge in [0.15, 0.2) is 6.61 Å². The van der Waals surface area contributed by atoms with Crippen LogP contribution in [-0.2, 0) is 16.0 Å². The Hall–Kier alpha value is -1.59. The molecule has 0 bridgehead atoms. The van der Waals surface area contributed by atoms with Crippen LogP contribution < -0.4 is 10.1 Å². The molecule has 0 radical (unpaired) electrons. The molecule has 21 heavy (non-hydrogen) atoms. The Bertz CT molecular complexity index is 428. The Morgan fingerprint density at radius 3 is 2.57 bits per heavy atom. The summed E-state index contributed by atoms with van der Waals surface area (Å²) in [6.07, 6.45) is 1.43. The molecule has 1 aromatic carbocycles. The minimum atomic E-state index is -0.978. The minimum Gasteiger partial charge on any atom is -0.484 e. The van der Waals surface area contributed by atoms with Crippen molar-refractivity contribution < 1.29 is 19.4 Å². The van der Waals surface area contributed by atoms with Gasteiger partial charge in [-0.05, 0) is 31.0 Å². The van der Waals surface area contributed by atoms with Gasteiger partial charge < -0.3 is 19.9 Å². The Morgan fingerprint density at radius 1 is 1.33 bits per heavy atom. The molecule has 5 nitrogen and oxygen atoms in total. The van der Waals surface area contributed by atoms with E-state index >= 15 is 0 Å². The Morgan fingerprint density at radius 2 is 2.00 bits per heavy atom. The van der Waals surface area contributed by atoms with E-state index in [1.54, 1.807) is 14.0 Å². The third-order valence-corrected chi connectivity index (χ3v) is 3.21. The molecule has 0 aliphatic rings. The van der Waals surface area contributed by atoms with Crippen LogP contribution in [0.15, 0.2) is 24.3 Å². The second-order valence-corrected chi connectivity index (χ2v) is 5.30. The van der Waals surface area contributed by atoms with E-state index in [-0.39, 0.29) is 19.1 Å². The maximum absolute atomic E-state index is 11.7. The molecule has 0 aromatic heterocycles. The number of hydrogen-bond donors (Lipinski definition) is 2. The lowest BCUT2D eigenvalue weighted by molar-refractivity contribution is -0.124. The number of hydrogen-bond acceptors (Lipinski definition) is 4. The van der Waals surface area contributed by atoms with Crippen molar-refractivity contribution in [2.45, 2.75) is 32.3 Å². The van der Waals surface area contributed by atoms with Crippen molar-refractivity contribution in [3.63, 3.8) is 0 Å². The van der Waals surface area contributed by atoms with Crippen LogP contribution in [0.25, 0.3) is 0 Å². The van der Waals surface area contributed by atoms with Crippen LogP contribution in [-0.4, -0.2) is 43.5 Å². The molecule has 2 N–H and O–H groups in total. The van der Waals surface area contributed by atoms with Crippen molar-refractivity contribution in [1.29, 1.82) is 0 Å². The highest BCUT2D eigenvalue weighted by molar-refractivity contribution is 5.77. The molecule has 0 heterocycles. The van der Waals surface area contributed by atoms with Crippen molar-refractivity contribution in [1.82, 2.24) is 5.32 Å². The van der Waals surface area contributed by atoms with Gasteiger partial charge in [0, 0.05) is 26.7 Å². The smallest absolute Gasteiger partial charge is 0.258 e. The molecule has 0 aliphatic heterocycles. The highest BCUT2D eigenvalue weighted by atomic mass is 16.5. The van der Waals surface area contributed by atoms with Gasteiger partial charge in [0.05, 0.1) is 5.60 Å². The maximum atomic E-state index is 11.7. The molecule has 0 fully saturated rings. The van der Waals surface area contributed by atoms with Crippen LogP contribution in [0.5, 0.6) is 5.75 Å². The Labute approximate surface area is 126 Å². The van der Waals surface area contributed by atoms with Crippen molar-refractivity contribution in [2.24, 2.45) is 0 Å². The summed E-state index contributed by atoms with van der Waals surface area (Å²) >= 11 is 0. The summed E-state index contributed by atoms with van der Waals surface area (Å²) in [5.74, 6) is 0.403. The minimum absolute atomic E-state index is 0.0637. The number of aliphatic hydroxyl groups is 1. The number of benzene rings is 1. The van der Waals surface area contributed by atoms with E-state index in [0.717, 1.165) is 6.42 Å². The topological polar surface area (TPSA) is 67.8 Å². The van der Waals surface area contributed by atoms with E-state index in [1.165, 1.54) is 5.56 Å². The first-order valence-corrected chi connectivity index (χ1v) is 7.16. The number of carbonyl (C=O) groups excluding carboxylic acids is 1. The molecular weight excluding hydrogens is 270 g/mol. The number of rotatable bonds is 9. The average molecular weight is 295 g/mol. The van der Waals surface area contributed by atoms with Crippen molar-refractivity contribution in [2.75, 3.05) is 26.9 Å². The number of carbonyl (C=O) groups is 1. The second-order valence-electron chi connectivity index (χ2n) is 5.30. The fraction of sp³-hybridized carbons (Fsp3) is 0.562. The molecule has 1 amide bonds. The van der Waals surface area contributed by atoms with Gasteiger partial charge in [0.25, 0.3) is 5.91 Å². The van der Waals surface area contributed by atoms with Gasteiger partial charge in [-0.25, -0.2) is 0 Å². The first-order valence-electron chi connectivity index (χ1n) is 7.16. The third-order valence-electron chi connectivity index (χ3n) is 3.21. The average Bonchev–Trinajstić information content (AvgIpc) is 2.49. The summed E-state index contributed by atoms with van der Waals surface area (Å²) in [5, 5.41) is 12.7. The van der Waals surface area contributed by atoms with E-state index in [0.29, 0.717) is 18.8 Å². The lowest BCUT2D eigenvalue weighted by Gasteiger charge is -2.23. The van der Waals surface area contributed by atoms with Gasteiger partial charge in [-0.15, -0.1) is 0 Å². The summed E-state index contributed by atoms with van der Waals surface area (Å²) < 4.78 is 10.3. The van der Waals surface area contributed by atoms with Gasteiger partial charge in [0.1, 0.15) is 5.75 Å². The quantitative estimate of drug-likeness (QED) is 0.725. The van der Waals surface area contributed by atoms with E-state index in [2.05, 4.69) is 12.2 Å². The summed E-state index contributed by atoms with van der Waals surface area (Å²) in [5.41, 5.74) is 0.245. The van der Waals surface area contributed by atoms with Crippen LogP contribution in [0, 0.1) is 0 Å². The molecule has 0 aliphatic carbocycles. The number of aryl methyl sites for hydroxylation is 1. The molecule has 0 spiro atoms. The van der Waals surface area contributed by atoms with E-state index in [1.807, 2.05) is 24.3 Å². The molecule has 1 atom stereocenters. The van der Waals surface area contributed by atoms with Crippen molar-refractivity contribution in [3.05, 3.63) is 29.8 Å². The second kappa shape index (κ2) is 8.64. The van der Waals surface area contributed by atoms with Crippen LogP contribution in [0.2, 0.25) is 0 Å². The third kappa shape index (κ3) is 7.11. The summed E-state index contributed by atoms with van der Waals surface area (Å²) in [6.45, 7) is 4.30. The molecule has 0 saturated heterocycles. The van der Waals surface area contributed by atoms with Gasteiger partial charge in [-0.3, -0.25) is 4.79 Å². The summed E-state index contributed by atoms with van der Waals surface area (Å²) in [7, 11) is 1.58. The zero-order valence-corrected chi connectivity index (χ0v) is 13.0. The fourth-order valence-corrected chi connectivity index (χ4v) is 1.72. The molecule has 0 saturated carbocycles. The predicted molar refractivity (Wildman–Crippen MR) is 81.4 cm³/mol. The summed E-state index contributed by atoms with van der Waals surface area (Å²) in [6, 6.07) is 7.65. The van der Waals surface area contributed by atoms with Crippen LogP contribution in [0.3, 0.4) is 0 Å². The molecule has 5 heteroatoms. The summed E-state index contributed by atoms with van der Waals surface area (Å²) in [4.78, 5) is 11.7.